The Hall–Kier alpha value is -2.17. The van der Waals surface area contributed by atoms with Crippen LogP contribution in [0.3, 0.4) is 0 Å². The van der Waals surface area contributed by atoms with Crippen molar-refractivity contribution in [2.24, 2.45) is 11.0 Å². The average Bonchev–Trinajstić information content (AvgIpc) is 2.68. The van der Waals surface area contributed by atoms with Crippen molar-refractivity contribution in [3.8, 4) is 0 Å². The van der Waals surface area contributed by atoms with Gasteiger partial charge in [0.15, 0.2) is 0 Å². The standard InChI is InChI=1S/C14H16N2O3/c1-3-19-13(17)9-12-10(2)15-16(14(12)18)11-7-5-4-6-8-11/h4-8,12H,3,9H2,1-2H3. The first kappa shape index (κ1) is 13.3. The topological polar surface area (TPSA) is 59.0 Å². The van der Waals surface area contributed by atoms with Gasteiger partial charge in [0, 0.05) is 5.71 Å². The van der Waals surface area contributed by atoms with Gasteiger partial charge < -0.3 is 4.74 Å². The molecule has 0 fully saturated rings. The summed E-state index contributed by atoms with van der Waals surface area (Å²) < 4.78 is 4.88. The maximum Gasteiger partial charge on any atom is 0.306 e. The summed E-state index contributed by atoms with van der Waals surface area (Å²) in [6.45, 7) is 3.81. The van der Waals surface area contributed by atoms with E-state index in [0.717, 1.165) is 0 Å². The van der Waals surface area contributed by atoms with E-state index >= 15 is 0 Å². The molecule has 0 saturated carbocycles. The van der Waals surface area contributed by atoms with Crippen LogP contribution >= 0.6 is 0 Å². The van der Waals surface area contributed by atoms with Gasteiger partial charge in [-0.15, -0.1) is 0 Å². The zero-order chi connectivity index (χ0) is 13.8. The molecule has 0 saturated heterocycles. The lowest BCUT2D eigenvalue weighted by atomic mass is 10.0. The molecule has 1 aliphatic heterocycles. The molecule has 1 aromatic rings. The van der Waals surface area contributed by atoms with Crippen LogP contribution < -0.4 is 5.01 Å². The molecule has 0 radical (unpaired) electrons. The van der Waals surface area contributed by atoms with Crippen molar-refractivity contribution >= 4 is 23.3 Å². The van der Waals surface area contributed by atoms with E-state index in [0.29, 0.717) is 18.0 Å². The van der Waals surface area contributed by atoms with Crippen LogP contribution in [-0.2, 0) is 14.3 Å². The Labute approximate surface area is 111 Å². The van der Waals surface area contributed by atoms with Crippen molar-refractivity contribution in [2.45, 2.75) is 20.3 Å². The first-order valence-corrected chi connectivity index (χ1v) is 6.23. The summed E-state index contributed by atoms with van der Waals surface area (Å²) in [5, 5.41) is 5.57. The highest BCUT2D eigenvalue weighted by Gasteiger charge is 2.36. The molecule has 1 aromatic carbocycles. The third-order valence-corrected chi connectivity index (χ3v) is 2.95. The third-order valence-electron chi connectivity index (χ3n) is 2.95. The summed E-state index contributed by atoms with van der Waals surface area (Å²) in [5.41, 5.74) is 1.35. The van der Waals surface area contributed by atoms with Gasteiger partial charge in [-0.3, -0.25) is 9.59 Å². The number of hydrogen-bond donors (Lipinski definition) is 0. The Bertz CT molecular complexity index is 511. The van der Waals surface area contributed by atoms with E-state index in [-0.39, 0.29) is 18.3 Å². The van der Waals surface area contributed by atoms with Crippen LogP contribution in [0.2, 0.25) is 0 Å². The van der Waals surface area contributed by atoms with Crippen LogP contribution in [0.4, 0.5) is 5.69 Å². The van der Waals surface area contributed by atoms with E-state index in [2.05, 4.69) is 5.10 Å². The number of nitrogens with zero attached hydrogens (tertiary/aromatic N) is 2. The number of para-hydroxylation sites is 1. The molecule has 1 unspecified atom stereocenters. The maximum absolute atomic E-state index is 12.3. The number of hydrogen-bond acceptors (Lipinski definition) is 4. The van der Waals surface area contributed by atoms with Crippen LogP contribution in [0.15, 0.2) is 35.4 Å². The molecule has 5 nitrogen and oxygen atoms in total. The summed E-state index contributed by atoms with van der Waals surface area (Å²) in [7, 11) is 0. The van der Waals surface area contributed by atoms with Crippen LogP contribution in [-0.4, -0.2) is 24.2 Å². The molecule has 0 bridgehead atoms. The molecular formula is C14H16N2O3. The van der Waals surface area contributed by atoms with Gasteiger partial charge in [-0.25, -0.2) is 5.01 Å². The van der Waals surface area contributed by atoms with Crippen molar-refractivity contribution in [2.75, 3.05) is 11.6 Å². The first-order valence-electron chi connectivity index (χ1n) is 6.23. The lowest BCUT2D eigenvalue weighted by molar-refractivity contribution is -0.145. The van der Waals surface area contributed by atoms with Crippen LogP contribution in [0.5, 0.6) is 0 Å². The minimum atomic E-state index is -0.515. The minimum absolute atomic E-state index is 0.0470. The van der Waals surface area contributed by atoms with Gasteiger partial charge in [-0.05, 0) is 26.0 Å². The van der Waals surface area contributed by atoms with Gasteiger partial charge >= 0.3 is 5.97 Å². The highest BCUT2D eigenvalue weighted by molar-refractivity contribution is 6.16. The smallest absolute Gasteiger partial charge is 0.306 e. The molecule has 0 aromatic heterocycles. The second kappa shape index (κ2) is 5.65. The van der Waals surface area contributed by atoms with Crippen molar-refractivity contribution in [1.82, 2.24) is 0 Å². The number of amides is 1. The molecule has 0 spiro atoms. The van der Waals surface area contributed by atoms with E-state index < -0.39 is 5.92 Å². The quantitative estimate of drug-likeness (QED) is 0.778. The molecule has 0 N–H and O–H groups in total. The number of hydrazone groups is 1. The number of rotatable bonds is 4. The van der Waals surface area contributed by atoms with Crippen molar-refractivity contribution in [3.05, 3.63) is 30.3 Å². The molecule has 19 heavy (non-hydrogen) atoms. The number of carbonyl (C=O) groups is 2. The lowest BCUT2D eigenvalue weighted by Gasteiger charge is -2.13. The predicted octanol–water partition coefficient (Wildman–Crippen LogP) is 1.98. The number of esters is 1. The van der Waals surface area contributed by atoms with Crippen LogP contribution in [0.1, 0.15) is 20.3 Å². The van der Waals surface area contributed by atoms with Gasteiger partial charge in [0.2, 0.25) is 0 Å². The highest BCUT2D eigenvalue weighted by Crippen LogP contribution is 2.25. The monoisotopic (exact) mass is 260 g/mol. The fourth-order valence-corrected chi connectivity index (χ4v) is 1.98. The first-order chi connectivity index (χ1) is 9.13. The molecule has 100 valence electrons. The number of benzene rings is 1. The number of carbonyl (C=O) groups excluding carboxylic acids is 2. The molecule has 0 aliphatic carbocycles. The van der Waals surface area contributed by atoms with Gasteiger partial charge in [0.05, 0.1) is 24.6 Å². The summed E-state index contributed by atoms with van der Waals surface area (Å²) >= 11 is 0. The Kier molecular flexibility index (Phi) is 3.94. The van der Waals surface area contributed by atoms with Crippen molar-refractivity contribution in [3.63, 3.8) is 0 Å². The Morgan fingerprint density at radius 2 is 2.05 bits per heavy atom. The van der Waals surface area contributed by atoms with Gasteiger partial charge in [-0.1, -0.05) is 18.2 Å². The zero-order valence-electron chi connectivity index (χ0n) is 11.0. The molecule has 1 amide bonds. The molecule has 5 heteroatoms. The summed E-state index contributed by atoms with van der Waals surface area (Å²) in [6, 6.07) is 9.16. The SMILES string of the molecule is CCOC(=O)CC1C(=O)N(c2ccccc2)N=C1C. The zero-order valence-corrected chi connectivity index (χ0v) is 11.0. The average molecular weight is 260 g/mol. The molecule has 2 rings (SSSR count). The van der Waals surface area contributed by atoms with Crippen LogP contribution in [0, 0.1) is 5.92 Å². The third kappa shape index (κ3) is 2.81. The fraction of sp³-hybridized carbons (Fsp3) is 0.357. The Balaban J connectivity index is 2.13. The largest absolute Gasteiger partial charge is 0.466 e. The second-order valence-corrected chi connectivity index (χ2v) is 4.29. The minimum Gasteiger partial charge on any atom is -0.466 e. The van der Waals surface area contributed by atoms with Crippen molar-refractivity contribution in [1.29, 1.82) is 0 Å². The molecule has 1 atom stereocenters. The number of anilines is 1. The summed E-state index contributed by atoms with van der Waals surface area (Å²) in [4.78, 5) is 23.7. The van der Waals surface area contributed by atoms with E-state index in [1.807, 2.05) is 18.2 Å². The van der Waals surface area contributed by atoms with E-state index in [9.17, 15) is 9.59 Å². The summed E-state index contributed by atoms with van der Waals surface area (Å²) in [6.07, 6.45) is 0.0470. The normalized spacial score (nSPS) is 18.4. The van der Waals surface area contributed by atoms with E-state index in [1.54, 1.807) is 26.0 Å². The number of ether oxygens (including phenoxy) is 1. The maximum atomic E-state index is 12.3. The van der Waals surface area contributed by atoms with Gasteiger partial charge in [-0.2, -0.15) is 5.10 Å². The Morgan fingerprint density at radius 1 is 1.37 bits per heavy atom. The lowest BCUT2D eigenvalue weighted by Crippen LogP contribution is -2.29. The molecular weight excluding hydrogens is 244 g/mol. The second-order valence-electron chi connectivity index (χ2n) is 4.29. The molecule has 1 aliphatic rings. The van der Waals surface area contributed by atoms with E-state index in [4.69, 9.17) is 4.74 Å². The van der Waals surface area contributed by atoms with Crippen LogP contribution in [0.25, 0.3) is 0 Å². The van der Waals surface area contributed by atoms with Gasteiger partial charge in [0.25, 0.3) is 5.91 Å². The van der Waals surface area contributed by atoms with Crippen molar-refractivity contribution < 1.29 is 14.3 Å². The highest BCUT2D eigenvalue weighted by atomic mass is 16.5. The van der Waals surface area contributed by atoms with Gasteiger partial charge in [0.1, 0.15) is 0 Å². The predicted molar refractivity (Wildman–Crippen MR) is 71.8 cm³/mol. The van der Waals surface area contributed by atoms with E-state index in [1.165, 1.54) is 5.01 Å². The fourth-order valence-electron chi connectivity index (χ4n) is 1.98. The summed E-state index contributed by atoms with van der Waals surface area (Å²) in [5.74, 6) is -1.07. The Morgan fingerprint density at radius 3 is 2.68 bits per heavy atom. The molecule has 1 heterocycles.